The number of carboxylic acid groups (broad SMARTS) is 1. The average Bonchev–Trinajstić information content (AvgIpc) is 3.28. The highest BCUT2D eigenvalue weighted by molar-refractivity contribution is 5.82. The summed E-state index contributed by atoms with van der Waals surface area (Å²) in [5.41, 5.74) is 0. The molecule has 20 heavy (non-hydrogen) atoms. The van der Waals surface area contributed by atoms with Gasteiger partial charge >= 0.3 is 12.0 Å². The third-order valence-electron chi connectivity index (χ3n) is 4.19. The maximum Gasteiger partial charge on any atom is 0.326 e. The van der Waals surface area contributed by atoms with Crippen molar-refractivity contribution in [3.63, 3.8) is 0 Å². The molecule has 1 aliphatic heterocycles. The molecule has 0 aromatic rings. The van der Waals surface area contributed by atoms with Gasteiger partial charge in [0.1, 0.15) is 6.04 Å². The minimum atomic E-state index is -0.895. The van der Waals surface area contributed by atoms with E-state index >= 15 is 0 Å². The van der Waals surface area contributed by atoms with E-state index in [0.717, 1.165) is 25.9 Å². The van der Waals surface area contributed by atoms with E-state index in [1.165, 1.54) is 17.7 Å². The van der Waals surface area contributed by atoms with Crippen molar-refractivity contribution in [2.45, 2.75) is 51.1 Å². The molecular formula is C14H25N3O3. The zero-order valence-electron chi connectivity index (χ0n) is 12.2. The Bertz CT molecular complexity index is 358. The van der Waals surface area contributed by atoms with Crippen molar-refractivity contribution in [2.24, 2.45) is 0 Å². The Morgan fingerprint density at radius 1 is 1.30 bits per heavy atom. The van der Waals surface area contributed by atoms with Crippen LogP contribution in [0, 0.1) is 0 Å². The summed E-state index contributed by atoms with van der Waals surface area (Å²) >= 11 is 0. The van der Waals surface area contributed by atoms with Gasteiger partial charge in [-0.15, -0.1) is 0 Å². The second kappa shape index (κ2) is 6.92. The second-order valence-electron chi connectivity index (χ2n) is 5.63. The molecule has 114 valence electrons. The van der Waals surface area contributed by atoms with Crippen LogP contribution in [0.25, 0.3) is 0 Å². The summed E-state index contributed by atoms with van der Waals surface area (Å²) in [7, 11) is 0. The minimum Gasteiger partial charge on any atom is -0.480 e. The highest BCUT2D eigenvalue weighted by Crippen LogP contribution is 2.25. The van der Waals surface area contributed by atoms with Gasteiger partial charge in [0.05, 0.1) is 0 Å². The molecule has 2 rings (SSSR count). The zero-order valence-corrected chi connectivity index (χ0v) is 12.2. The molecule has 6 nitrogen and oxygen atoms in total. The van der Waals surface area contributed by atoms with E-state index in [1.54, 1.807) is 0 Å². The van der Waals surface area contributed by atoms with Crippen molar-refractivity contribution in [2.75, 3.05) is 26.2 Å². The second-order valence-corrected chi connectivity index (χ2v) is 5.63. The van der Waals surface area contributed by atoms with Gasteiger partial charge in [0.25, 0.3) is 0 Å². The van der Waals surface area contributed by atoms with E-state index in [0.29, 0.717) is 25.6 Å². The lowest BCUT2D eigenvalue weighted by molar-refractivity contribution is -0.143. The van der Waals surface area contributed by atoms with Crippen LogP contribution in [0.2, 0.25) is 0 Å². The highest BCUT2D eigenvalue weighted by atomic mass is 16.4. The molecule has 1 aliphatic carbocycles. The summed E-state index contributed by atoms with van der Waals surface area (Å²) in [5, 5.41) is 12.0. The number of hydrogen-bond acceptors (Lipinski definition) is 3. The zero-order chi connectivity index (χ0) is 14.5. The van der Waals surface area contributed by atoms with E-state index in [9.17, 15) is 9.59 Å². The molecule has 6 heteroatoms. The maximum atomic E-state index is 12.1. The van der Waals surface area contributed by atoms with Crippen LogP contribution in [-0.2, 0) is 4.79 Å². The number of carbonyl (C=O) groups excluding carboxylic acids is 1. The third-order valence-corrected chi connectivity index (χ3v) is 4.19. The SMILES string of the molecule is CCN(CCNC(=O)N1CCCCC1C(=O)O)C1CC1. The van der Waals surface area contributed by atoms with E-state index < -0.39 is 12.0 Å². The van der Waals surface area contributed by atoms with Crippen LogP contribution in [0.1, 0.15) is 39.0 Å². The lowest BCUT2D eigenvalue weighted by Gasteiger charge is -2.33. The molecule has 1 unspecified atom stereocenters. The smallest absolute Gasteiger partial charge is 0.326 e. The van der Waals surface area contributed by atoms with Crippen LogP contribution in [0.5, 0.6) is 0 Å². The van der Waals surface area contributed by atoms with Gasteiger partial charge < -0.3 is 15.3 Å². The molecular weight excluding hydrogens is 258 g/mol. The summed E-state index contributed by atoms with van der Waals surface area (Å²) in [6.07, 6.45) is 4.85. The number of urea groups is 1. The van der Waals surface area contributed by atoms with E-state index in [2.05, 4.69) is 17.1 Å². The lowest BCUT2D eigenvalue weighted by atomic mass is 10.0. The number of likely N-dealkylation sites (N-methyl/N-ethyl adjacent to an activating group) is 1. The number of hydrogen-bond donors (Lipinski definition) is 2. The van der Waals surface area contributed by atoms with Crippen LogP contribution in [0.4, 0.5) is 4.79 Å². The predicted octanol–water partition coefficient (Wildman–Crippen LogP) is 1.12. The summed E-state index contributed by atoms with van der Waals surface area (Å²) in [6.45, 7) is 5.11. The average molecular weight is 283 g/mol. The molecule has 0 spiro atoms. The van der Waals surface area contributed by atoms with Gasteiger partial charge in [-0.2, -0.15) is 0 Å². The highest BCUT2D eigenvalue weighted by Gasteiger charge is 2.32. The number of aliphatic carboxylic acids is 1. The summed E-state index contributed by atoms with van der Waals surface area (Å²) in [6, 6.07) is -0.197. The minimum absolute atomic E-state index is 0.232. The fourth-order valence-corrected chi connectivity index (χ4v) is 2.88. The van der Waals surface area contributed by atoms with Crippen molar-refractivity contribution in [1.82, 2.24) is 15.1 Å². The standard InChI is InChI=1S/C14H25N3O3/c1-2-16(11-6-7-11)10-8-15-14(20)17-9-4-3-5-12(17)13(18)19/h11-12H,2-10H2,1H3,(H,15,20)(H,18,19). The summed E-state index contributed by atoms with van der Waals surface area (Å²) in [5.74, 6) is -0.895. The van der Waals surface area contributed by atoms with Crippen LogP contribution in [-0.4, -0.2) is 65.2 Å². The molecule has 0 radical (unpaired) electrons. The quantitative estimate of drug-likeness (QED) is 0.766. The van der Waals surface area contributed by atoms with Gasteiger partial charge in [0.2, 0.25) is 0 Å². The molecule has 1 saturated carbocycles. The van der Waals surface area contributed by atoms with Crippen molar-refractivity contribution >= 4 is 12.0 Å². The van der Waals surface area contributed by atoms with Gasteiger partial charge in [0.15, 0.2) is 0 Å². The Kier molecular flexibility index (Phi) is 5.23. The number of carbonyl (C=O) groups is 2. The van der Waals surface area contributed by atoms with E-state index in [1.807, 2.05) is 0 Å². The molecule has 2 aliphatic rings. The largest absolute Gasteiger partial charge is 0.480 e. The Labute approximate surface area is 120 Å². The number of piperidine rings is 1. The molecule has 0 bridgehead atoms. The Morgan fingerprint density at radius 2 is 2.05 bits per heavy atom. The Balaban J connectivity index is 1.76. The fraction of sp³-hybridized carbons (Fsp3) is 0.857. The van der Waals surface area contributed by atoms with Gasteiger partial charge in [-0.25, -0.2) is 9.59 Å². The van der Waals surface area contributed by atoms with Crippen molar-refractivity contribution in [3.05, 3.63) is 0 Å². The van der Waals surface area contributed by atoms with Gasteiger partial charge in [-0.3, -0.25) is 4.90 Å². The number of carboxylic acids is 1. The van der Waals surface area contributed by atoms with Gasteiger partial charge in [-0.05, 0) is 38.6 Å². The fourth-order valence-electron chi connectivity index (χ4n) is 2.88. The van der Waals surface area contributed by atoms with Crippen LogP contribution < -0.4 is 5.32 Å². The van der Waals surface area contributed by atoms with Crippen molar-refractivity contribution in [3.8, 4) is 0 Å². The first-order chi connectivity index (χ1) is 9.63. The lowest BCUT2D eigenvalue weighted by Crippen LogP contribution is -2.52. The Morgan fingerprint density at radius 3 is 2.65 bits per heavy atom. The van der Waals surface area contributed by atoms with Crippen molar-refractivity contribution < 1.29 is 14.7 Å². The molecule has 2 amide bonds. The van der Waals surface area contributed by atoms with E-state index in [-0.39, 0.29) is 6.03 Å². The first-order valence-corrected chi connectivity index (χ1v) is 7.64. The molecule has 1 saturated heterocycles. The number of rotatable bonds is 6. The molecule has 1 atom stereocenters. The molecule has 0 aromatic carbocycles. The number of nitrogens with one attached hydrogen (secondary N) is 1. The number of amides is 2. The number of nitrogens with zero attached hydrogens (tertiary/aromatic N) is 2. The van der Waals surface area contributed by atoms with E-state index in [4.69, 9.17) is 5.11 Å². The molecule has 0 aromatic heterocycles. The summed E-state index contributed by atoms with van der Waals surface area (Å²) < 4.78 is 0. The van der Waals surface area contributed by atoms with Crippen molar-refractivity contribution in [1.29, 1.82) is 0 Å². The normalized spacial score (nSPS) is 22.9. The molecule has 2 N–H and O–H groups in total. The van der Waals surface area contributed by atoms with Crippen LogP contribution in [0.15, 0.2) is 0 Å². The monoisotopic (exact) mass is 283 g/mol. The first-order valence-electron chi connectivity index (χ1n) is 7.64. The predicted molar refractivity (Wildman–Crippen MR) is 75.6 cm³/mol. The molecule has 2 fully saturated rings. The van der Waals surface area contributed by atoms with Gasteiger partial charge in [-0.1, -0.05) is 6.92 Å². The molecule has 1 heterocycles. The topological polar surface area (TPSA) is 72.9 Å². The van der Waals surface area contributed by atoms with Crippen LogP contribution in [0.3, 0.4) is 0 Å². The van der Waals surface area contributed by atoms with Gasteiger partial charge in [0, 0.05) is 25.7 Å². The maximum absolute atomic E-state index is 12.1. The first kappa shape index (κ1) is 15.1. The Hall–Kier alpha value is -1.30. The van der Waals surface area contributed by atoms with Crippen LogP contribution >= 0.6 is 0 Å². The number of likely N-dealkylation sites (tertiary alicyclic amines) is 1. The third kappa shape index (κ3) is 3.85. The summed E-state index contributed by atoms with van der Waals surface area (Å²) in [4.78, 5) is 27.1.